The lowest BCUT2D eigenvalue weighted by molar-refractivity contribution is -0.137. The Morgan fingerprint density at radius 1 is 1.06 bits per heavy atom. The van der Waals surface area contributed by atoms with Gasteiger partial charge in [0.1, 0.15) is 22.8 Å². The Kier molecular flexibility index (Phi) is 8.58. The van der Waals surface area contributed by atoms with E-state index in [0.29, 0.717) is 49.1 Å². The van der Waals surface area contributed by atoms with Crippen molar-refractivity contribution in [3.63, 3.8) is 0 Å². The Morgan fingerprint density at radius 3 is 2.38 bits per heavy atom. The number of nitrogens with one attached hydrogen (secondary N) is 2. The van der Waals surface area contributed by atoms with Gasteiger partial charge >= 0.3 is 12.3 Å². The van der Waals surface area contributed by atoms with Crippen molar-refractivity contribution in [3.05, 3.63) is 92.6 Å². The topological polar surface area (TPSA) is 126 Å². The fourth-order valence-corrected chi connectivity index (χ4v) is 6.79. The molecule has 1 saturated heterocycles. The van der Waals surface area contributed by atoms with Crippen molar-refractivity contribution in [1.82, 2.24) is 20.0 Å². The predicted octanol–water partition coefficient (Wildman–Crippen LogP) is 6.83. The SMILES string of the molecule is Cn1nc2c3c(c(NC(=O)c4cc(F)cc(C(F)(F)F)c4)cc2c1C1CCN(C(=O)OC(C)(C)C)CC1)C(O)(c1cc(F)ccc1Cl)NC3=O. The summed E-state index contributed by atoms with van der Waals surface area (Å²) in [6.07, 6.45) is -4.51. The van der Waals surface area contributed by atoms with E-state index in [1.54, 1.807) is 32.7 Å². The van der Waals surface area contributed by atoms with Crippen LogP contribution in [0.3, 0.4) is 0 Å². The highest BCUT2D eigenvalue weighted by molar-refractivity contribution is 6.31. The van der Waals surface area contributed by atoms with Crippen LogP contribution in [-0.2, 0) is 23.7 Å². The molecule has 0 saturated carbocycles. The number of alkyl halides is 3. The van der Waals surface area contributed by atoms with Gasteiger partial charge in [-0.15, -0.1) is 0 Å². The quantitative estimate of drug-likeness (QED) is 0.199. The number of piperidine rings is 1. The van der Waals surface area contributed by atoms with Crippen LogP contribution in [0.25, 0.3) is 10.9 Å². The molecule has 2 aliphatic rings. The highest BCUT2D eigenvalue weighted by atomic mass is 35.5. The van der Waals surface area contributed by atoms with Gasteiger partial charge in [0.05, 0.1) is 16.8 Å². The molecule has 16 heteroatoms. The van der Waals surface area contributed by atoms with Crippen molar-refractivity contribution in [3.8, 4) is 0 Å². The summed E-state index contributed by atoms with van der Waals surface area (Å²) >= 11 is 6.36. The van der Waals surface area contributed by atoms with E-state index in [9.17, 15) is 41.4 Å². The van der Waals surface area contributed by atoms with Crippen LogP contribution >= 0.6 is 11.6 Å². The summed E-state index contributed by atoms with van der Waals surface area (Å²) in [5, 5.41) is 21.7. The molecule has 3 heterocycles. The van der Waals surface area contributed by atoms with Crippen LogP contribution in [0, 0.1) is 11.6 Å². The molecule has 3 N–H and O–H groups in total. The first-order chi connectivity index (χ1) is 23.3. The molecular weight excluding hydrogens is 689 g/mol. The zero-order valence-electron chi connectivity index (χ0n) is 27.1. The molecule has 1 atom stereocenters. The minimum atomic E-state index is -4.97. The summed E-state index contributed by atoms with van der Waals surface area (Å²) in [6.45, 7) is 5.95. The second-order valence-electron chi connectivity index (χ2n) is 13.3. The minimum absolute atomic E-state index is 0.108. The van der Waals surface area contributed by atoms with Crippen molar-refractivity contribution in [2.75, 3.05) is 18.4 Å². The first-order valence-electron chi connectivity index (χ1n) is 15.5. The molecule has 6 rings (SSSR count). The van der Waals surface area contributed by atoms with E-state index in [2.05, 4.69) is 15.7 Å². The molecule has 3 amide bonds. The summed E-state index contributed by atoms with van der Waals surface area (Å²) in [5.74, 6) is -4.41. The van der Waals surface area contributed by atoms with Crippen LogP contribution in [0.15, 0.2) is 42.5 Å². The maximum Gasteiger partial charge on any atom is 0.416 e. The van der Waals surface area contributed by atoms with Crippen LogP contribution in [0.4, 0.5) is 32.4 Å². The number of amides is 3. The van der Waals surface area contributed by atoms with Gasteiger partial charge in [-0.1, -0.05) is 11.6 Å². The summed E-state index contributed by atoms with van der Waals surface area (Å²) in [4.78, 5) is 41.5. The molecular formula is C34H31ClF5N5O5. The molecule has 0 radical (unpaired) electrons. The summed E-state index contributed by atoms with van der Waals surface area (Å²) in [6, 6.07) is 5.78. The van der Waals surface area contributed by atoms with Crippen LogP contribution in [0.5, 0.6) is 0 Å². The van der Waals surface area contributed by atoms with Crippen molar-refractivity contribution < 1.29 is 46.2 Å². The number of fused-ring (bicyclic) bond motifs is 3. The van der Waals surface area contributed by atoms with E-state index in [-0.39, 0.29) is 44.9 Å². The molecule has 4 aromatic rings. The van der Waals surface area contributed by atoms with Gasteiger partial charge in [-0.05, 0) is 76.1 Å². The Labute approximate surface area is 287 Å². The van der Waals surface area contributed by atoms with E-state index >= 15 is 0 Å². The van der Waals surface area contributed by atoms with E-state index in [1.165, 1.54) is 10.7 Å². The Balaban J connectivity index is 1.49. The van der Waals surface area contributed by atoms with Gasteiger partial charge in [0.15, 0.2) is 5.72 Å². The van der Waals surface area contributed by atoms with E-state index in [1.807, 2.05) is 0 Å². The van der Waals surface area contributed by atoms with E-state index in [4.69, 9.17) is 16.3 Å². The highest BCUT2D eigenvalue weighted by Crippen LogP contribution is 2.47. The monoisotopic (exact) mass is 719 g/mol. The first kappa shape index (κ1) is 35.1. The minimum Gasteiger partial charge on any atom is -0.444 e. The normalized spacial score (nSPS) is 18.3. The standard InChI is InChI=1S/C34H31ClF5N5O5/c1-32(2,3)50-31(48)45-9-7-16(8-10-45)28-21-15-24(41-29(46)17-11-18(34(38,39)40)13-20(37)12-17)26-25(27(21)43-44(28)4)30(47)42-33(26,49)22-14-19(36)5-6-23(22)35/h5-6,11-16,49H,7-10H2,1-4H3,(H,41,46)(H,42,47). The molecule has 3 aromatic carbocycles. The lowest BCUT2D eigenvalue weighted by atomic mass is 9.88. The van der Waals surface area contributed by atoms with Crippen molar-refractivity contribution in [2.24, 2.45) is 7.05 Å². The third kappa shape index (κ3) is 6.35. The number of benzene rings is 3. The Hall–Kier alpha value is -4.76. The zero-order chi connectivity index (χ0) is 36.5. The predicted molar refractivity (Wildman–Crippen MR) is 172 cm³/mol. The molecule has 264 valence electrons. The number of likely N-dealkylation sites (tertiary alicyclic amines) is 1. The average Bonchev–Trinajstić information content (AvgIpc) is 3.49. The van der Waals surface area contributed by atoms with Crippen molar-refractivity contribution in [2.45, 2.75) is 57.0 Å². The molecule has 1 fully saturated rings. The Bertz CT molecular complexity index is 2070. The number of anilines is 1. The van der Waals surface area contributed by atoms with Gasteiger partial charge in [0.25, 0.3) is 11.8 Å². The van der Waals surface area contributed by atoms with Crippen LogP contribution in [0.1, 0.15) is 82.6 Å². The molecule has 1 aromatic heterocycles. The van der Waals surface area contributed by atoms with Gasteiger partial charge in [-0.3, -0.25) is 14.3 Å². The number of hydrogen-bond acceptors (Lipinski definition) is 6. The second-order valence-corrected chi connectivity index (χ2v) is 13.7. The molecule has 0 aliphatic carbocycles. The van der Waals surface area contributed by atoms with Crippen molar-refractivity contribution >= 4 is 46.1 Å². The van der Waals surface area contributed by atoms with Crippen LogP contribution in [0.2, 0.25) is 5.02 Å². The molecule has 10 nitrogen and oxygen atoms in total. The largest absolute Gasteiger partial charge is 0.444 e. The number of aryl methyl sites for hydroxylation is 1. The number of hydrogen-bond donors (Lipinski definition) is 3. The van der Waals surface area contributed by atoms with E-state index < -0.39 is 58.2 Å². The number of ether oxygens (including phenoxy) is 1. The number of halogens is 6. The molecule has 50 heavy (non-hydrogen) atoms. The third-order valence-electron chi connectivity index (χ3n) is 8.64. The number of carbonyl (C=O) groups is 3. The lowest BCUT2D eigenvalue weighted by Gasteiger charge is -2.33. The van der Waals surface area contributed by atoms with Gasteiger partial charge in [-0.2, -0.15) is 18.3 Å². The van der Waals surface area contributed by atoms with Crippen LogP contribution in [-0.4, -0.2) is 56.4 Å². The lowest BCUT2D eigenvalue weighted by Crippen LogP contribution is -2.41. The second kappa shape index (κ2) is 12.2. The highest BCUT2D eigenvalue weighted by Gasteiger charge is 2.49. The third-order valence-corrected chi connectivity index (χ3v) is 8.97. The van der Waals surface area contributed by atoms with Crippen LogP contribution < -0.4 is 10.6 Å². The van der Waals surface area contributed by atoms with Crippen molar-refractivity contribution in [1.29, 1.82) is 0 Å². The smallest absolute Gasteiger partial charge is 0.416 e. The van der Waals surface area contributed by atoms with Gasteiger partial charge in [0, 0.05) is 58.8 Å². The summed E-state index contributed by atoms with van der Waals surface area (Å²) in [7, 11) is 1.63. The number of aromatic nitrogens is 2. The number of nitrogens with zero attached hydrogens (tertiary/aromatic N) is 3. The maximum atomic E-state index is 14.5. The Morgan fingerprint density at radius 2 is 1.74 bits per heavy atom. The maximum absolute atomic E-state index is 14.5. The number of rotatable bonds is 4. The fourth-order valence-electron chi connectivity index (χ4n) is 6.54. The zero-order valence-corrected chi connectivity index (χ0v) is 27.9. The van der Waals surface area contributed by atoms with E-state index in [0.717, 1.165) is 18.2 Å². The van der Waals surface area contributed by atoms with Gasteiger partial charge in [0.2, 0.25) is 0 Å². The van der Waals surface area contributed by atoms with Gasteiger partial charge < -0.3 is 25.4 Å². The average molecular weight is 720 g/mol. The number of carbonyl (C=O) groups excluding carboxylic acids is 3. The fraction of sp³-hybridized carbons (Fsp3) is 0.353. The first-order valence-corrected chi connectivity index (χ1v) is 15.9. The molecule has 0 spiro atoms. The summed E-state index contributed by atoms with van der Waals surface area (Å²) < 4.78 is 76.3. The van der Waals surface area contributed by atoms with Gasteiger partial charge in [-0.25, -0.2) is 13.6 Å². The molecule has 2 aliphatic heterocycles. The molecule has 0 bridgehead atoms. The number of aliphatic hydroxyl groups is 1. The summed E-state index contributed by atoms with van der Waals surface area (Å²) in [5.41, 5.74) is -5.67. The molecule has 1 unspecified atom stereocenters.